The molecule has 0 bridgehead atoms. The molecule has 0 spiro atoms. The number of hydrogen-bond acceptors (Lipinski definition) is 4. The van der Waals surface area contributed by atoms with Crippen LogP contribution in [0.3, 0.4) is 0 Å². The number of anilines is 2. The molecule has 1 aromatic heterocycles. The van der Waals surface area contributed by atoms with Crippen LogP contribution in [0.4, 0.5) is 11.5 Å². The lowest BCUT2D eigenvalue weighted by molar-refractivity contribution is 0.202. The maximum absolute atomic E-state index is 9.19. The fraction of sp³-hybridized carbons (Fsp3) is 0.769. The summed E-state index contributed by atoms with van der Waals surface area (Å²) in [6.07, 6.45) is 2.05. The molecule has 1 aliphatic rings. The summed E-state index contributed by atoms with van der Waals surface area (Å²) in [7, 11) is 0. The molecule has 0 aliphatic carbocycles. The predicted molar refractivity (Wildman–Crippen MR) is 73.8 cm³/mol. The number of nitrogen functional groups attached to an aromatic ring is 1. The Labute approximate surface area is 109 Å². The molecule has 0 aromatic carbocycles. The van der Waals surface area contributed by atoms with E-state index in [0.29, 0.717) is 18.6 Å². The Morgan fingerprint density at radius 1 is 1.39 bits per heavy atom. The zero-order valence-corrected chi connectivity index (χ0v) is 11.6. The molecule has 18 heavy (non-hydrogen) atoms. The summed E-state index contributed by atoms with van der Waals surface area (Å²) in [5, 5.41) is 13.7. The first-order valence-corrected chi connectivity index (χ1v) is 6.75. The SMILES string of the molecule is Cc1nn(C(C)C)c(N2CCC(CO)CC2)c1N. The minimum Gasteiger partial charge on any atom is -0.396 e. The van der Waals surface area contributed by atoms with Crippen molar-refractivity contribution in [1.29, 1.82) is 0 Å². The standard InChI is InChI=1S/C13H24N4O/c1-9(2)17-13(12(14)10(3)15-17)16-6-4-11(8-18)5-7-16/h9,11,18H,4-8,14H2,1-3H3. The Kier molecular flexibility index (Phi) is 3.80. The monoisotopic (exact) mass is 252 g/mol. The highest BCUT2D eigenvalue weighted by atomic mass is 16.3. The highest BCUT2D eigenvalue weighted by Gasteiger charge is 2.25. The number of aromatic nitrogens is 2. The van der Waals surface area contributed by atoms with Crippen molar-refractivity contribution in [3.8, 4) is 0 Å². The van der Waals surface area contributed by atoms with Gasteiger partial charge < -0.3 is 15.7 Å². The van der Waals surface area contributed by atoms with E-state index in [9.17, 15) is 5.11 Å². The number of rotatable bonds is 3. The molecule has 0 atom stereocenters. The largest absolute Gasteiger partial charge is 0.396 e. The van der Waals surface area contributed by atoms with Crippen LogP contribution in [0.5, 0.6) is 0 Å². The molecule has 102 valence electrons. The molecule has 5 heteroatoms. The molecule has 0 amide bonds. The quantitative estimate of drug-likeness (QED) is 0.856. The normalized spacial score (nSPS) is 17.7. The molecule has 5 nitrogen and oxygen atoms in total. The second-order valence-corrected chi connectivity index (χ2v) is 5.47. The fourth-order valence-electron chi connectivity index (χ4n) is 2.55. The molecular weight excluding hydrogens is 228 g/mol. The summed E-state index contributed by atoms with van der Waals surface area (Å²) in [6, 6.07) is 0.312. The number of aryl methyl sites for hydroxylation is 1. The van der Waals surface area contributed by atoms with Crippen LogP contribution in [0, 0.1) is 12.8 Å². The van der Waals surface area contributed by atoms with Gasteiger partial charge in [-0.05, 0) is 39.5 Å². The number of piperidine rings is 1. The molecule has 3 N–H and O–H groups in total. The van der Waals surface area contributed by atoms with Gasteiger partial charge in [0.1, 0.15) is 0 Å². The van der Waals surface area contributed by atoms with E-state index < -0.39 is 0 Å². The second-order valence-electron chi connectivity index (χ2n) is 5.47. The lowest BCUT2D eigenvalue weighted by Crippen LogP contribution is -2.36. The average molecular weight is 252 g/mol. The minimum atomic E-state index is 0.297. The minimum absolute atomic E-state index is 0.297. The Hall–Kier alpha value is -1.23. The summed E-state index contributed by atoms with van der Waals surface area (Å²) in [5.41, 5.74) is 7.87. The summed E-state index contributed by atoms with van der Waals surface area (Å²) in [5.74, 6) is 1.50. The summed E-state index contributed by atoms with van der Waals surface area (Å²) >= 11 is 0. The third-order valence-corrected chi connectivity index (χ3v) is 3.77. The van der Waals surface area contributed by atoms with Crippen molar-refractivity contribution in [3.05, 3.63) is 5.69 Å². The van der Waals surface area contributed by atoms with Gasteiger partial charge in [0.25, 0.3) is 0 Å². The second kappa shape index (κ2) is 5.18. The van der Waals surface area contributed by atoms with Gasteiger partial charge in [0.05, 0.1) is 11.4 Å². The first kappa shape index (κ1) is 13.2. The van der Waals surface area contributed by atoms with E-state index in [4.69, 9.17) is 5.73 Å². The van der Waals surface area contributed by atoms with Gasteiger partial charge in [0.2, 0.25) is 0 Å². The van der Waals surface area contributed by atoms with E-state index in [1.54, 1.807) is 0 Å². The molecule has 1 fully saturated rings. The van der Waals surface area contributed by atoms with Crippen molar-refractivity contribution in [2.24, 2.45) is 5.92 Å². The maximum Gasteiger partial charge on any atom is 0.150 e. The Balaban J connectivity index is 2.23. The Morgan fingerprint density at radius 2 is 2.00 bits per heavy atom. The zero-order chi connectivity index (χ0) is 13.3. The van der Waals surface area contributed by atoms with Crippen molar-refractivity contribution in [1.82, 2.24) is 9.78 Å². The van der Waals surface area contributed by atoms with Crippen LogP contribution in [0.15, 0.2) is 0 Å². The van der Waals surface area contributed by atoms with Gasteiger partial charge in [-0.2, -0.15) is 5.10 Å². The van der Waals surface area contributed by atoms with Crippen molar-refractivity contribution >= 4 is 11.5 Å². The molecule has 2 heterocycles. The molecule has 0 saturated carbocycles. The van der Waals surface area contributed by atoms with E-state index in [0.717, 1.165) is 43.1 Å². The molecular formula is C13H24N4O. The third kappa shape index (κ3) is 2.32. The first-order valence-electron chi connectivity index (χ1n) is 6.75. The van der Waals surface area contributed by atoms with Gasteiger partial charge >= 0.3 is 0 Å². The van der Waals surface area contributed by atoms with Gasteiger partial charge in [-0.1, -0.05) is 0 Å². The predicted octanol–water partition coefficient (Wildman–Crippen LogP) is 1.56. The van der Waals surface area contributed by atoms with Crippen molar-refractivity contribution < 1.29 is 5.11 Å². The van der Waals surface area contributed by atoms with E-state index in [-0.39, 0.29) is 0 Å². The van der Waals surface area contributed by atoms with Gasteiger partial charge in [-0.15, -0.1) is 0 Å². The molecule has 1 aromatic rings. The maximum atomic E-state index is 9.19. The van der Waals surface area contributed by atoms with Crippen LogP contribution in [0.2, 0.25) is 0 Å². The van der Waals surface area contributed by atoms with Gasteiger partial charge in [0, 0.05) is 25.7 Å². The van der Waals surface area contributed by atoms with Crippen LogP contribution < -0.4 is 10.6 Å². The number of aliphatic hydroxyl groups excluding tert-OH is 1. The molecule has 1 saturated heterocycles. The fourth-order valence-corrected chi connectivity index (χ4v) is 2.55. The highest BCUT2D eigenvalue weighted by Crippen LogP contribution is 2.32. The molecule has 0 radical (unpaired) electrons. The summed E-state index contributed by atoms with van der Waals surface area (Å²) < 4.78 is 2.02. The van der Waals surface area contributed by atoms with Crippen LogP contribution in [-0.2, 0) is 0 Å². The first-order chi connectivity index (χ1) is 8.54. The van der Waals surface area contributed by atoms with Crippen LogP contribution in [0.1, 0.15) is 38.4 Å². The average Bonchev–Trinajstić information content (AvgIpc) is 2.66. The number of nitrogens with zero attached hydrogens (tertiary/aromatic N) is 3. The van der Waals surface area contributed by atoms with Crippen molar-refractivity contribution in [2.75, 3.05) is 30.3 Å². The smallest absolute Gasteiger partial charge is 0.150 e. The third-order valence-electron chi connectivity index (χ3n) is 3.77. The van der Waals surface area contributed by atoms with Crippen molar-refractivity contribution in [3.63, 3.8) is 0 Å². The number of nitrogens with two attached hydrogens (primary N) is 1. The lowest BCUT2D eigenvalue weighted by atomic mass is 9.98. The van der Waals surface area contributed by atoms with Crippen molar-refractivity contribution in [2.45, 2.75) is 39.7 Å². The van der Waals surface area contributed by atoms with E-state index in [2.05, 4.69) is 23.8 Å². The van der Waals surface area contributed by atoms with E-state index in [1.165, 1.54) is 0 Å². The van der Waals surface area contributed by atoms with Gasteiger partial charge in [0.15, 0.2) is 5.82 Å². The summed E-state index contributed by atoms with van der Waals surface area (Å²) in [4.78, 5) is 2.31. The Bertz CT molecular complexity index is 405. The Morgan fingerprint density at radius 3 is 2.50 bits per heavy atom. The highest BCUT2D eigenvalue weighted by molar-refractivity contribution is 5.66. The number of aliphatic hydroxyl groups is 1. The zero-order valence-electron chi connectivity index (χ0n) is 11.6. The van der Waals surface area contributed by atoms with Gasteiger partial charge in [-0.3, -0.25) is 0 Å². The topological polar surface area (TPSA) is 67.3 Å². The van der Waals surface area contributed by atoms with E-state index >= 15 is 0 Å². The van der Waals surface area contributed by atoms with E-state index in [1.807, 2.05) is 11.6 Å². The molecule has 2 rings (SSSR count). The number of hydrogen-bond donors (Lipinski definition) is 2. The van der Waals surface area contributed by atoms with Gasteiger partial charge in [-0.25, -0.2) is 4.68 Å². The lowest BCUT2D eigenvalue weighted by Gasteiger charge is -2.33. The molecule has 0 unspecified atom stereocenters. The van der Waals surface area contributed by atoms with Crippen LogP contribution in [-0.4, -0.2) is 34.6 Å². The molecule has 1 aliphatic heterocycles. The summed E-state index contributed by atoms with van der Waals surface area (Å²) in [6.45, 7) is 8.40. The van der Waals surface area contributed by atoms with Crippen LogP contribution >= 0.6 is 0 Å². The van der Waals surface area contributed by atoms with Crippen LogP contribution in [0.25, 0.3) is 0 Å².